The summed E-state index contributed by atoms with van der Waals surface area (Å²) in [7, 11) is 0. The second kappa shape index (κ2) is 7.96. The largest absolute Gasteiger partial charge is 0.325 e. The van der Waals surface area contributed by atoms with Gasteiger partial charge in [0.05, 0.1) is 11.4 Å². The number of aromatic nitrogens is 4. The summed E-state index contributed by atoms with van der Waals surface area (Å²) in [5.41, 5.74) is 3.95. The fourth-order valence-electron chi connectivity index (χ4n) is 2.32. The van der Waals surface area contributed by atoms with Crippen molar-refractivity contribution in [2.45, 2.75) is 19.0 Å². The van der Waals surface area contributed by atoms with Crippen LogP contribution in [0.2, 0.25) is 0 Å². The molecule has 0 aliphatic rings. The van der Waals surface area contributed by atoms with Crippen LogP contribution in [0.1, 0.15) is 11.1 Å². The van der Waals surface area contributed by atoms with Crippen LogP contribution in [0.5, 0.6) is 0 Å². The van der Waals surface area contributed by atoms with Gasteiger partial charge in [0.25, 0.3) is 0 Å². The molecular formula is C17H16IN5OS. The SMILES string of the molecule is Cc1ccc(-n2nnnc2SCC(=O)Nc2ccc(I)cc2)c(C)c1. The van der Waals surface area contributed by atoms with Crippen LogP contribution >= 0.6 is 34.4 Å². The van der Waals surface area contributed by atoms with Gasteiger partial charge in [0, 0.05) is 9.26 Å². The lowest BCUT2D eigenvalue weighted by atomic mass is 10.1. The van der Waals surface area contributed by atoms with Crippen LogP contribution in [0.25, 0.3) is 5.69 Å². The number of hydrogen-bond acceptors (Lipinski definition) is 5. The van der Waals surface area contributed by atoms with Crippen molar-refractivity contribution in [1.29, 1.82) is 0 Å². The zero-order chi connectivity index (χ0) is 17.8. The molecule has 1 heterocycles. The number of benzene rings is 2. The minimum absolute atomic E-state index is 0.0959. The maximum atomic E-state index is 12.1. The number of nitrogens with zero attached hydrogens (tertiary/aromatic N) is 4. The molecule has 3 rings (SSSR count). The van der Waals surface area contributed by atoms with Gasteiger partial charge in [-0.2, -0.15) is 4.68 Å². The first-order valence-corrected chi connectivity index (χ1v) is 9.63. The number of amides is 1. The highest BCUT2D eigenvalue weighted by Gasteiger charge is 2.13. The third kappa shape index (κ3) is 4.57. The van der Waals surface area contributed by atoms with Gasteiger partial charge in [0.1, 0.15) is 0 Å². The molecule has 0 fully saturated rings. The van der Waals surface area contributed by atoms with Gasteiger partial charge >= 0.3 is 0 Å². The number of hydrogen-bond donors (Lipinski definition) is 1. The van der Waals surface area contributed by atoms with Crippen molar-refractivity contribution in [2.75, 3.05) is 11.1 Å². The minimum atomic E-state index is -0.0959. The third-order valence-corrected chi connectivity index (χ3v) is 5.12. The number of aryl methyl sites for hydroxylation is 2. The Hall–Kier alpha value is -1.94. The smallest absolute Gasteiger partial charge is 0.234 e. The lowest BCUT2D eigenvalue weighted by molar-refractivity contribution is -0.113. The highest BCUT2D eigenvalue weighted by Crippen LogP contribution is 2.21. The molecule has 1 amide bonds. The van der Waals surface area contributed by atoms with Gasteiger partial charge in [-0.3, -0.25) is 4.79 Å². The molecule has 2 aromatic carbocycles. The van der Waals surface area contributed by atoms with Crippen LogP contribution in [0.3, 0.4) is 0 Å². The van der Waals surface area contributed by atoms with Gasteiger partial charge in [0.15, 0.2) is 0 Å². The van der Waals surface area contributed by atoms with E-state index in [4.69, 9.17) is 0 Å². The minimum Gasteiger partial charge on any atom is -0.325 e. The van der Waals surface area contributed by atoms with Gasteiger partial charge in [-0.1, -0.05) is 29.5 Å². The predicted octanol–water partition coefficient (Wildman–Crippen LogP) is 3.61. The molecule has 1 aromatic heterocycles. The Morgan fingerprint density at radius 1 is 1.20 bits per heavy atom. The Balaban J connectivity index is 1.67. The van der Waals surface area contributed by atoms with Gasteiger partial charge in [0.2, 0.25) is 11.1 Å². The van der Waals surface area contributed by atoms with Crippen molar-refractivity contribution in [1.82, 2.24) is 20.2 Å². The summed E-state index contributed by atoms with van der Waals surface area (Å²) in [6.45, 7) is 4.06. The monoisotopic (exact) mass is 465 g/mol. The standard InChI is InChI=1S/C17H16IN5OS/c1-11-3-8-15(12(2)9-11)23-17(20-21-22-23)25-10-16(24)19-14-6-4-13(18)5-7-14/h3-9H,10H2,1-2H3,(H,19,24). The molecule has 0 atom stereocenters. The predicted molar refractivity (Wildman–Crippen MR) is 107 cm³/mol. The van der Waals surface area contributed by atoms with E-state index in [1.807, 2.05) is 50.2 Å². The number of carbonyl (C=O) groups is 1. The molecular weight excluding hydrogens is 449 g/mol. The van der Waals surface area contributed by atoms with Crippen molar-refractivity contribution in [3.63, 3.8) is 0 Å². The van der Waals surface area contributed by atoms with E-state index in [0.717, 1.165) is 20.5 Å². The molecule has 128 valence electrons. The first-order valence-electron chi connectivity index (χ1n) is 7.57. The number of nitrogens with one attached hydrogen (secondary N) is 1. The topological polar surface area (TPSA) is 72.7 Å². The van der Waals surface area contributed by atoms with E-state index in [2.05, 4.69) is 49.5 Å². The molecule has 3 aromatic rings. The first-order chi connectivity index (χ1) is 12.0. The summed E-state index contributed by atoms with van der Waals surface area (Å²) in [5.74, 6) is 0.137. The number of thioether (sulfide) groups is 1. The molecule has 0 bridgehead atoms. The van der Waals surface area contributed by atoms with E-state index < -0.39 is 0 Å². The van der Waals surface area contributed by atoms with E-state index in [-0.39, 0.29) is 11.7 Å². The molecule has 0 spiro atoms. The van der Waals surface area contributed by atoms with E-state index in [1.165, 1.54) is 17.3 Å². The zero-order valence-corrected chi connectivity index (χ0v) is 16.7. The Morgan fingerprint density at radius 2 is 1.96 bits per heavy atom. The van der Waals surface area contributed by atoms with Crippen LogP contribution in [-0.4, -0.2) is 31.9 Å². The van der Waals surface area contributed by atoms with Crippen molar-refractivity contribution in [2.24, 2.45) is 0 Å². The lowest BCUT2D eigenvalue weighted by Gasteiger charge is -2.08. The summed E-state index contributed by atoms with van der Waals surface area (Å²) >= 11 is 3.53. The zero-order valence-electron chi connectivity index (χ0n) is 13.7. The quantitative estimate of drug-likeness (QED) is 0.461. The molecule has 0 unspecified atom stereocenters. The summed E-state index contributed by atoms with van der Waals surface area (Å²) < 4.78 is 2.79. The maximum Gasteiger partial charge on any atom is 0.234 e. The molecule has 0 saturated heterocycles. The number of carbonyl (C=O) groups excluding carboxylic acids is 1. The number of halogens is 1. The van der Waals surface area contributed by atoms with Gasteiger partial charge in [-0.05, 0) is 82.8 Å². The summed E-state index contributed by atoms with van der Waals surface area (Å²) in [5, 5.41) is 15.3. The number of tetrazole rings is 1. The fourth-order valence-corrected chi connectivity index (χ4v) is 3.37. The third-order valence-electron chi connectivity index (χ3n) is 3.48. The average Bonchev–Trinajstić information content (AvgIpc) is 3.03. The molecule has 0 radical (unpaired) electrons. The molecule has 6 nitrogen and oxygen atoms in total. The van der Waals surface area contributed by atoms with Crippen LogP contribution in [-0.2, 0) is 4.79 Å². The fraction of sp³-hybridized carbons (Fsp3) is 0.176. The lowest BCUT2D eigenvalue weighted by Crippen LogP contribution is -2.14. The highest BCUT2D eigenvalue weighted by molar-refractivity contribution is 14.1. The Labute approximate surface area is 163 Å². The second-order valence-electron chi connectivity index (χ2n) is 5.51. The van der Waals surface area contributed by atoms with Crippen LogP contribution < -0.4 is 5.32 Å². The molecule has 0 aliphatic heterocycles. The normalized spacial score (nSPS) is 10.7. The van der Waals surface area contributed by atoms with E-state index in [1.54, 1.807) is 4.68 Å². The van der Waals surface area contributed by atoms with Gasteiger partial charge in [-0.15, -0.1) is 5.10 Å². The Bertz CT molecular complexity index is 894. The Morgan fingerprint density at radius 3 is 2.68 bits per heavy atom. The van der Waals surface area contributed by atoms with Crippen LogP contribution in [0.4, 0.5) is 5.69 Å². The van der Waals surface area contributed by atoms with Crippen LogP contribution in [0, 0.1) is 17.4 Å². The highest BCUT2D eigenvalue weighted by atomic mass is 127. The van der Waals surface area contributed by atoms with Crippen molar-refractivity contribution in [3.8, 4) is 5.69 Å². The van der Waals surface area contributed by atoms with Crippen molar-refractivity contribution >= 4 is 45.9 Å². The average molecular weight is 465 g/mol. The molecule has 1 N–H and O–H groups in total. The van der Waals surface area contributed by atoms with Gasteiger partial charge in [-0.25, -0.2) is 0 Å². The maximum absolute atomic E-state index is 12.1. The summed E-state index contributed by atoms with van der Waals surface area (Å²) in [6, 6.07) is 13.7. The van der Waals surface area contributed by atoms with Crippen molar-refractivity contribution in [3.05, 3.63) is 57.2 Å². The molecule has 0 saturated carbocycles. The van der Waals surface area contributed by atoms with E-state index >= 15 is 0 Å². The van der Waals surface area contributed by atoms with E-state index in [9.17, 15) is 4.79 Å². The molecule has 8 heteroatoms. The Kier molecular flexibility index (Phi) is 5.69. The van der Waals surface area contributed by atoms with E-state index in [0.29, 0.717) is 5.16 Å². The van der Waals surface area contributed by atoms with Crippen LogP contribution in [0.15, 0.2) is 47.6 Å². The molecule has 0 aliphatic carbocycles. The second-order valence-corrected chi connectivity index (χ2v) is 7.70. The first kappa shape index (κ1) is 17.9. The molecule has 25 heavy (non-hydrogen) atoms. The van der Waals surface area contributed by atoms with Gasteiger partial charge < -0.3 is 5.32 Å². The summed E-state index contributed by atoms with van der Waals surface area (Å²) in [6.07, 6.45) is 0. The summed E-state index contributed by atoms with van der Waals surface area (Å²) in [4.78, 5) is 12.1. The van der Waals surface area contributed by atoms with Crippen molar-refractivity contribution < 1.29 is 4.79 Å². The number of rotatable bonds is 5. The number of anilines is 1.